The summed E-state index contributed by atoms with van der Waals surface area (Å²) in [7, 11) is 0. The summed E-state index contributed by atoms with van der Waals surface area (Å²) in [6, 6.07) is 6.38. The van der Waals surface area contributed by atoms with Gasteiger partial charge in [0, 0.05) is 58.0 Å². The lowest BCUT2D eigenvalue weighted by molar-refractivity contribution is -0.141. The number of esters is 1. The second-order valence-corrected chi connectivity index (χ2v) is 8.33. The fraction of sp³-hybridized carbons (Fsp3) is 0.545. The van der Waals surface area contributed by atoms with Gasteiger partial charge in [0.1, 0.15) is 5.75 Å². The molecule has 1 heterocycles. The van der Waals surface area contributed by atoms with Crippen LogP contribution in [0.2, 0.25) is 0 Å². The summed E-state index contributed by atoms with van der Waals surface area (Å²) in [6.07, 6.45) is 0. The lowest BCUT2D eigenvalue weighted by Gasteiger charge is -2.32. The van der Waals surface area contributed by atoms with Gasteiger partial charge in [-0.1, -0.05) is 0 Å². The zero-order valence-corrected chi connectivity index (χ0v) is 19.5. The molecule has 1 aliphatic heterocycles. The van der Waals surface area contributed by atoms with Gasteiger partial charge in [0.15, 0.2) is 0 Å². The van der Waals surface area contributed by atoms with E-state index in [-0.39, 0.29) is 26.2 Å². The summed E-state index contributed by atoms with van der Waals surface area (Å²) in [5, 5.41) is 27.7. The zero-order valence-electron chi connectivity index (χ0n) is 19.5. The number of ether oxygens (including phenoxy) is 1. The molecule has 13 nitrogen and oxygen atoms in total. The molecule has 2 rings (SSSR count). The molecule has 0 radical (unpaired) electrons. The van der Waals surface area contributed by atoms with Gasteiger partial charge in [-0.25, -0.2) is 0 Å². The van der Waals surface area contributed by atoms with Crippen LogP contribution >= 0.6 is 0 Å². The second kappa shape index (κ2) is 14.2. The first kappa shape index (κ1) is 28.0. The van der Waals surface area contributed by atoms with Gasteiger partial charge in [0.25, 0.3) is 0 Å². The second-order valence-electron chi connectivity index (χ2n) is 8.33. The van der Waals surface area contributed by atoms with Crippen molar-refractivity contribution in [2.45, 2.75) is 0 Å². The van der Waals surface area contributed by atoms with E-state index < -0.39 is 23.9 Å². The Hall–Kier alpha value is -3.26. The van der Waals surface area contributed by atoms with Crippen LogP contribution in [0, 0.1) is 0 Å². The van der Waals surface area contributed by atoms with Gasteiger partial charge in [-0.2, -0.15) is 0 Å². The molecule has 0 saturated carbocycles. The summed E-state index contributed by atoms with van der Waals surface area (Å²) in [4.78, 5) is 53.3. The highest BCUT2D eigenvalue weighted by atomic mass is 16.5. The lowest BCUT2D eigenvalue weighted by Crippen LogP contribution is -2.49. The van der Waals surface area contributed by atoms with Crippen LogP contribution in [-0.4, -0.2) is 137 Å². The molecule has 1 aliphatic rings. The number of carbonyl (C=O) groups is 4. The molecule has 0 aromatic heterocycles. The number of anilines is 1. The number of benzene rings is 1. The minimum atomic E-state index is -1.02. The highest BCUT2D eigenvalue weighted by Gasteiger charge is 2.21. The predicted octanol–water partition coefficient (Wildman–Crippen LogP) is -1.35. The number of aliphatic carboxylic acids is 3. The van der Waals surface area contributed by atoms with E-state index in [0.717, 1.165) is 0 Å². The van der Waals surface area contributed by atoms with E-state index in [1.54, 1.807) is 43.9 Å². The average molecular weight is 496 g/mol. The third-order valence-corrected chi connectivity index (χ3v) is 5.47. The summed E-state index contributed by atoms with van der Waals surface area (Å²) in [6.45, 7) is 1.79. The maximum Gasteiger partial charge on any atom is 0.325 e. The molecule has 0 spiro atoms. The molecular formula is C22H33N5O8. The van der Waals surface area contributed by atoms with E-state index in [0.29, 0.717) is 63.8 Å². The molecule has 13 heteroatoms. The minimum absolute atomic E-state index is 0.0721. The SMILES string of the molecule is Nc1ccc(OC(=O)CN2CCN(CC(=O)O)CCN(CC(=O)O)CCN(CC(=O)O)CC2)cc1. The largest absolute Gasteiger partial charge is 0.480 e. The first-order valence-corrected chi connectivity index (χ1v) is 11.2. The summed E-state index contributed by atoms with van der Waals surface area (Å²) in [5.74, 6) is -3.20. The van der Waals surface area contributed by atoms with E-state index in [4.69, 9.17) is 10.5 Å². The van der Waals surface area contributed by atoms with E-state index >= 15 is 0 Å². The molecule has 1 aromatic carbocycles. The van der Waals surface area contributed by atoms with Crippen molar-refractivity contribution < 1.29 is 39.2 Å². The van der Waals surface area contributed by atoms with E-state index in [1.807, 2.05) is 0 Å². The molecule has 0 unspecified atom stereocenters. The molecule has 5 N–H and O–H groups in total. The van der Waals surface area contributed by atoms with Gasteiger partial charge in [-0.05, 0) is 24.3 Å². The quantitative estimate of drug-likeness (QED) is 0.180. The number of hydrogen-bond acceptors (Lipinski definition) is 10. The Morgan fingerprint density at radius 2 is 0.943 bits per heavy atom. The van der Waals surface area contributed by atoms with Crippen molar-refractivity contribution >= 4 is 29.6 Å². The first-order valence-electron chi connectivity index (χ1n) is 11.2. The molecular weight excluding hydrogens is 462 g/mol. The topological polar surface area (TPSA) is 177 Å². The third kappa shape index (κ3) is 11.6. The minimum Gasteiger partial charge on any atom is -0.480 e. The van der Waals surface area contributed by atoms with Crippen molar-refractivity contribution in [1.29, 1.82) is 0 Å². The fourth-order valence-corrected chi connectivity index (χ4v) is 3.67. The van der Waals surface area contributed by atoms with Crippen LogP contribution in [0.4, 0.5) is 5.69 Å². The monoisotopic (exact) mass is 495 g/mol. The maximum absolute atomic E-state index is 12.5. The van der Waals surface area contributed by atoms with Gasteiger partial charge < -0.3 is 25.8 Å². The molecule has 35 heavy (non-hydrogen) atoms. The molecule has 1 fully saturated rings. The zero-order chi connectivity index (χ0) is 25.8. The van der Waals surface area contributed by atoms with Crippen molar-refractivity contribution in [3.63, 3.8) is 0 Å². The van der Waals surface area contributed by atoms with Crippen LogP contribution in [-0.2, 0) is 19.2 Å². The standard InChI is InChI=1S/C22H33N5O8/c23-17-1-3-18(4-2-17)35-22(34)16-27-11-9-25(14-20(30)31)7-5-24(13-19(28)29)6-8-26(10-12-27)15-21(32)33/h1-4H,5-16,23H2,(H,28,29)(H,30,31)(H,32,33). The van der Waals surface area contributed by atoms with Gasteiger partial charge in [-0.15, -0.1) is 0 Å². The molecule has 194 valence electrons. The van der Waals surface area contributed by atoms with Gasteiger partial charge in [0.05, 0.1) is 26.2 Å². The number of rotatable bonds is 9. The Kier molecular flexibility index (Phi) is 11.4. The molecule has 1 aromatic rings. The number of nitrogens with zero attached hydrogens (tertiary/aromatic N) is 4. The number of nitrogen functional groups attached to an aromatic ring is 1. The average Bonchev–Trinajstić information content (AvgIpc) is 2.76. The van der Waals surface area contributed by atoms with Crippen molar-refractivity contribution in [1.82, 2.24) is 19.6 Å². The molecule has 0 atom stereocenters. The Morgan fingerprint density at radius 1 is 0.629 bits per heavy atom. The number of carboxylic acids is 3. The first-order chi connectivity index (χ1) is 16.6. The number of carbonyl (C=O) groups excluding carboxylic acids is 1. The van der Waals surface area contributed by atoms with Crippen LogP contribution in [0.5, 0.6) is 5.75 Å². The number of hydrogen-bond donors (Lipinski definition) is 4. The Bertz CT molecular complexity index is 834. The highest BCUT2D eigenvalue weighted by molar-refractivity contribution is 5.74. The van der Waals surface area contributed by atoms with Crippen molar-refractivity contribution in [2.24, 2.45) is 0 Å². The molecule has 1 saturated heterocycles. The number of carboxylic acid groups (broad SMARTS) is 3. The molecule has 0 aliphatic carbocycles. The maximum atomic E-state index is 12.5. The summed E-state index contributed by atoms with van der Waals surface area (Å²) >= 11 is 0. The molecule has 0 bridgehead atoms. The van der Waals surface area contributed by atoms with Crippen molar-refractivity contribution in [3.8, 4) is 5.75 Å². The van der Waals surface area contributed by atoms with E-state index in [1.165, 1.54) is 0 Å². The van der Waals surface area contributed by atoms with Gasteiger partial charge in [0.2, 0.25) is 0 Å². The molecule has 0 amide bonds. The van der Waals surface area contributed by atoms with Crippen molar-refractivity contribution in [3.05, 3.63) is 24.3 Å². The number of nitrogens with two attached hydrogens (primary N) is 1. The third-order valence-electron chi connectivity index (χ3n) is 5.47. The Morgan fingerprint density at radius 3 is 1.26 bits per heavy atom. The lowest BCUT2D eigenvalue weighted by atomic mass is 10.3. The van der Waals surface area contributed by atoms with Crippen LogP contribution in [0.15, 0.2) is 24.3 Å². The Balaban J connectivity index is 2.11. The van der Waals surface area contributed by atoms with Gasteiger partial charge in [-0.3, -0.25) is 38.8 Å². The smallest absolute Gasteiger partial charge is 0.325 e. The summed E-state index contributed by atoms with van der Waals surface area (Å²) in [5.41, 5.74) is 6.18. The van der Waals surface area contributed by atoms with E-state index in [2.05, 4.69) is 0 Å². The van der Waals surface area contributed by atoms with Crippen LogP contribution < -0.4 is 10.5 Å². The van der Waals surface area contributed by atoms with Crippen LogP contribution in [0.3, 0.4) is 0 Å². The fourth-order valence-electron chi connectivity index (χ4n) is 3.67. The Labute approximate surface area is 203 Å². The van der Waals surface area contributed by atoms with Crippen LogP contribution in [0.25, 0.3) is 0 Å². The van der Waals surface area contributed by atoms with Gasteiger partial charge >= 0.3 is 23.9 Å². The summed E-state index contributed by atoms with van der Waals surface area (Å²) < 4.78 is 5.36. The normalized spacial score (nSPS) is 17.7. The van der Waals surface area contributed by atoms with E-state index in [9.17, 15) is 34.5 Å². The highest BCUT2D eigenvalue weighted by Crippen LogP contribution is 2.13. The van der Waals surface area contributed by atoms with Crippen LogP contribution in [0.1, 0.15) is 0 Å². The van der Waals surface area contributed by atoms with Crippen molar-refractivity contribution in [2.75, 3.05) is 84.3 Å². The predicted molar refractivity (Wildman–Crippen MR) is 125 cm³/mol.